The first kappa shape index (κ1) is 24.7. The number of carbonyl (C=O) groups excluding carboxylic acids is 1. The monoisotopic (exact) mass is 456 g/mol. The highest BCUT2D eigenvalue weighted by molar-refractivity contribution is 7.99. The number of H-pyrrole nitrogens is 1. The van der Waals surface area contributed by atoms with Crippen LogP contribution in [0.5, 0.6) is 11.5 Å². The molecule has 32 heavy (non-hydrogen) atoms. The van der Waals surface area contributed by atoms with Crippen molar-refractivity contribution in [3.8, 4) is 18.1 Å². The van der Waals surface area contributed by atoms with Crippen LogP contribution in [0.1, 0.15) is 5.56 Å². The zero-order valence-electron chi connectivity index (χ0n) is 17.7. The smallest absolute Gasteiger partial charge is 0.240 e. The molecule has 2 heterocycles. The van der Waals surface area contributed by atoms with E-state index in [0.717, 1.165) is 46.1 Å². The highest BCUT2D eigenvalue weighted by Gasteiger charge is 2.24. The van der Waals surface area contributed by atoms with Gasteiger partial charge in [-0.15, -0.1) is 11.8 Å². The van der Waals surface area contributed by atoms with Crippen LogP contribution >= 0.6 is 11.8 Å². The minimum atomic E-state index is -0.522. The summed E-state index contributed by atoms with van der Waals surface area (Å²) in [6.07, 6.45) is 2.44. The highest BCUT2D eigenvalue weighted by atomic mass is 32.2. The van der Waals surface area contributed by atoms with Crippen LogP contribution < -0.4 is 15.8 Å². The number of hydrogen-bond acceptors (Lipinski definition) is 7. The van der Waals surface area contributed by atoms with E-state index in [-0.39, 0.29) is 5.91 Å². The molecule has 1 fully saturated rings. The summed E-state index contributed by atoms with van der Waals surface area (Å²) in [5.41, 5.74) is 8.24. The molecule has 0 aliphatic carbocycles. The number of rotatable bonds is 6. The van der Waals surface area contributed by atoms with Crippen LogP contribution in [-0.2, 0) is 16.1 Å². The number of amides is 1. The first-order chi connectivity index (χ1) is 15.6. The van der Waals surface area contributed by atoms with Crippen LogP contribution in [0.15, 0.2) is 54.7 Å². The molecule has 0 spiro atoms. The Bertz CT molecular complexity index is 1020. The van der Waals surface area contributed by atoms with Gasteiger partial charge >= 0.3 is 0 Å². The van der Waals surface area contributed by atoms with E-state index in [1.165, 1.54) is 12.4 Å². The van der Waals surface area contributed by atoms with Crippen molar-refractivity contribution in [2.24, 2.45) is 5.73 Å². The molecule has 1 atom stereocenters. The Morgan fingerprint density at radius 3 is 2.62 bits per heavy atom. The number of thioether (sulfide) groups is 1. The molecule has 3 aromatic rings. The largest absolute Gasteiger partial charge is 0.457 e. The van der Waals surface area contributed by atoms with E-state index in [4.69, 9.17) is 20.6 Å². The SMILES string of the molecule is C#N.CO[NH+]=O.NC(Cc1c[nH]c2ccc(Oc3ccccc3)cc12)C(=O)N1CCSC1. The minimum Gasteiger partial charge on any atom is -0.457 e. The van der Waals surface area contributed by atoms with Crippen molar-refractivity contribution < 1.29 is 19.7 Å². The molecule has 1 saturated heterocycles. The first-order valence-corrected chi connectivity index (χ1v) is 10.9. The number of nitrogens with zero attached hydrogens (tertiary/aromatic N) is 2. The van der Waals surface area contributed by atoms with E-state index in [9.17, 15) is 4.79 Å². The van der Waals surface area contributed by atoms with E-state index >= 15 is 0 Å². The van der Waals surface area contributed by atoms with Crippen LogP contribution in [0, 0.1) is 16.7 Å². The summed E-state index contributed by atoms with van der Waals surface area (Å²) in [6.45, 7) is 4.29. The summed E-state index contributed by atoms with van der Waals surface area (Å²) < 4.78 is 5.92. The third-order valence-corrected chi connectivity index (χ3v) is 5.59. The molecule has 168 valence electrons. The maximum Gasteiger partial charge on any atom is 0.240 e. The molecule has 0 saturated carbocycles. The number of hydrogen-bond donors (Lipinski definition) is 3. The van der Waals surface area contributed by atoms with Gasteiger partial charge in [-0.05, 0) is 42.3 Å². The Kier molecular flexibility index (Phi) is 10.0. The fourth-order valence-corrected chi connectivity index (χ4v) is 4.12. The van der Waals surface area contributed by atoms with Gasteiger partial charge in [0, 0.05) is 36.0 Å². The average Bonchev–Trinajstić information content (AvgIpc) is 3.51. The fraction of sp³-hybridized carbons (Fsp3) is 0.273. The normalized spacial score (nSPS) is 13.2. The lowest BCUT2D eigenvalue weighted by Gasteiger charge is -2.19. The molecule has 1 aromatic heterocycles. The van der Waals surface area contributed by atoms with E-state index < -0.39 is 6.04 Å². The van der Waals surface area contributed by atoms with Gasteiger partial charge in [0.25, 0.3) is 0 Å². The van der Waals surface area contributed by atoms with Crippen LogP contribution in [-0.4, -0.2) is 47.1 Å². The predicted molar refractivity (Wildman–Crippen MR) is 124 cm³/mol. The van der Waals surface area contributed by atoms with Gasteiger partial charge in [-0.3, -0.25) is 4.79 Å². The number of ether oxygens (including phenoxy) is 1. The summed E-state index contributed by atoms with van der Waals surface area (Å²) in [7, 11) is 1.26. The van der Waals surface area contributed by atoms with Gasteiger partial charge in [0.15, 0.2) is 7.11 Å². The number of benzene rings is 2. The molecule has 1 unspecified atom stereocenters. The van der Waals surface area contributed by atoms with Gasteiger partial charge in [0.1, 0.15) is 11.5 Å². The Morgan fingerprint density at radius 2 is 2.00 bits per heavy atom. The number of aromatic nitrogens is 1. The van der Waals surface area contributed by atoms with E-state index in [2.05, 4.69) is 16.4 Å². The van der Waals surface area contributed by atoms with E-state index in [1.807, 2.05) is 59.6 Å². The van der Waals surface area contributed by atoms with Gasteiger partial charge in [0.05, 0.1) is 16.8 Å². The van der Waals surface area contributed by atoms with Gasteiger partial charge < -0.3 is 20.4 Å². The fourth-order valence-electron chi connectivity index (χ4n) is 3.16. The molecule has 1 aliphatic heterocycles. The second-order valence-corrected chi connectivity index (χ2v) is 7.75. The zero-order valence-corrected chi connectivity index (χ0v) is 18.5. The molecule has 0 bridgehead atoms. The number of nitriles is 1. The predicted octanol–water partition coefficient (Wildman–Crippen LogP) is 1.90. The first-order valence-electron chi connectivity index (χ1n) is 9.73. The number of aromatic amines is 1. The maximum atomic E-state index is 12.5. The van der Waals surface area contributed by atoms with Crippen molar-refractivity contribution in [1.29, 1.82) is 5.26 Å². The van der Waals surface area contributed by atoms with Gasteiger partial charge in [-0.25, -0.2) is 10.1 Å². The molecule has 1 aliphatic rings. The second kappa shape index (κ2) is 13.0. The molecular weight excluding hydrogens is 430 g/mol. The number of fused-ring (bicyclic) bond motifs is 1. The van der Waals surface area contributed by atoms with Crippen molar-refractivity contribution in [2.45, 2.75) is 12.5 Å². The number of nitrogens with two attached hydrogens (primary N) is 1. The Balaban J connectivity index is 0.000000547. The maximum absolute atomic E-state index is 12.5. The molecule has 1 amide bonds. The number of carbonyl (C=O) groups is 1. The second-order valence-electron chi connectivity index (χ2n) is 6.67. The molecule has 2 aromatic carbocycles. The van der Waals surface area contributed by atoms with Gasteiger partial charge in [-0.2, -0.15) is 0 Å². The summed E-state index contributed by atoms with van der Waals surface area (Å²) >= 11 is 1.77. The summed E-state index contributed by atoms with van der Waals surface area (Å²) in [4.78, 5) is 30.1. The molecule has 9 nitrogen and oxygen atoms in total. The molecule has 0 radical (unpaired) electrons. The Hall–Kier alpha value is -3.55. The van der Waals surface area contributed by atoms with Crippen LogP contribution in [0.25, 0.3) is 10.9 Å². The van der Waals surface area contributed by atoms with Crippen molar-refractivity contribution in [3.63, 3.8) is 0 Å². The van der Waals surface area contributed by atoms with Crippen molar-refractivity contribution in [2.75, 3.05) is 25.3 Å². The lowest BCUT2D eigenvalue weighted by atomic mass is 10.0. The molecule has 4 N–H and O–H groups in total. The number of para-hydroxylation sites is 1. The molecular formula is C22H26N5O4S+. The number of nitrogens with one attached hydrogen (secondary N) is 2. The molecule has 10 heteroatoms. The molecule has 4 rings (SSSR count). The lowest BCUT2D eigenvalue weighted by molar-refractivity contribution is -0.761. The lowest BCUT2D eigenvalue weighted by Crippen LogP contribution is -2.61. The Morgan fingerprint density at radius 1 is 1.28 bits per heavy atom. The van der Waals surface area contributed by atoms with Crippen LogP contribution in [0.3, 0.4) is 0 Å². The zero-order chi connectivity index (χ0) is 23.3. The van der Waals surface area contributed by atoms with Crippen molar-refractivity contribution >= 4 is 28.6 Å². The quantitative estimate of drug-likeness (QED) is 0.482. The van der Waals surface area contributed by atoms with Crippen molar-refractivity contribution in [1.82, 2.24) is 9.88 Å². The van der Waals surface area contributed by atoms with Gasteiger partial charge in [-0.1, -0.05) is 18.2 Å². The van der Waals surface area contributed by atoms with E-state index in [0.29, 0.717) is 6.42 Å². The summed E-state index contributed by atoms with van der Waals surface area (Å²) in [5, 5.41) is 8.72. The third-order valence-electron chi connectivity index (χ3n) is 4.62. The standard InChI is InChI=1S/C20H21N3O2S.CH4NO2.CHN/c21-18(20(24)23-8-9-26-13-23)10-14-12-22-19-7-6-16(11-17(14)19)25-15-4-2-1-3-5-15;1-4-2-3;1-2/h1-7,11-12,18,22H,8-10,13,21H2;2H,1H3;1H/q;+1;. The summed E-state index contributed by atoms with van der Waals surface area (Å²) in [6, 6.07) is 15.1. The average molecular weight is 457 g/mol. The third kappa shape index (κ3) is 6.73. The van der Waals surface area contributed by atoms with Crippen molar-refractivity contribution in [3.05, 3.63) is 65.2 Å². The highest BCUT2D eigenvalue weighted by Crippen LogP contribution is 2.28. The minimum absolute atomic E-state index is 0.0287. The summed E-state index contributed by atoms with van der Waals surface area (Å²) in [5.74, 6) is 3.32. The Labute approximate surface area is 190 Å². The topological polar surface area (TPSA) is 135 Å². The van der Waals surface area contributed by atoms with Gasteiger partial charge in [0.2, 0.25) is 11.2 Å². The van der Waals surface area contributed by atoms with E-state index in [1.54, 1.807) is 11.8 Å². The van der Waals surface area contributed by atoms with Crippen LogP contribution in [0.4, 0.5) is 0 Å². The van der Waals surface area contributed by atoms with Crippen LogP contribution in [0.2, 0.25) is 0 Å².